The summed E-state index contributed by atoms with van der Waals surface area (Å²) in [4.78, 5) is 4.22. The minimum absolute atomic E-state index is 0.555. The third kappa shape index (κ3) is 1.99. The van der Waals surface area contributed by atoms with Crippen LogP contribution in [0.1, 0.15) is 5.56 Å². The number of thiazole rings is 1. The maximum Gasteiger partial charge on any atom is 0.180 e. The number of aryl methyl sites for hydroxylation is 1. The molecule has 0 amide bonds. The molecule has 0 aliphatic rings. The van der Waals surface area contributed by atoms with Crippen molar-refractivity contribution >= 4 is 28.1 Å². The summed E-state index contributed by atoms with van der Waals surface area (Å²) >= 11 is 7.52. The van der Waals surface area contributed by atoms with E-state index in [1.54, 1.807) is 7.11 Å². The van der Waals surface area contributed by atoms with Crippen molar-refractivity contribution in [3.05, 3.63) is 28.1 Å². The third-order valence-electron chi connectivity index (χ3n) is 2.25. The van der Waals surface area contributed by atoms with Gasteiger partial charge in [0, 0.05) is 10.9 Å². The molecule has 1 aromatic heterocycles. The topological polar surface area (TPSA) is 48.1 Å². The molecule has 2 N–H and O–H groups in total. The zero-order valence-electron chi connectivity index (χ0n) is 8.95. The summed E-state index contributed by atoms with van der Waals surface area (Å²) in [6, 6.07) is 3.82. The number of aromatic nitrogens is 1. The lowest BCUT2D eigenvalue weighted by molar-refractivity contribution is 0.412. The number of anilines is 1. The molecule has 2 rings (SSSR count). The number of nitrogens with two attached hydrogens (primary N) is 1. The molecule has 5 heteroatoms. The lowest BCUT2D eigenvalue weighted by Crippen LogP contribution is -1.90. The lowest BCUT2D eigenvalue weighted by atomic mass is 10.1. The SMILES string of the molecule is COc1c(C)cc(-c2csc(N)n2)cc1Cl. The zero-order chi connectivity index (χ0) is 11.7. The highest BCUT2D eigenvalue weighted by atomic mass is 35.5. The van der Waals surface area contributed by atoms with Gasteiger partial charge in [-0.25, -0.2) is 4.98 Å². The first-order valence-corrected chi connectivity index (χ1v) is 5.93. The first-order valence-electron chi connectivity index (χ1n) is 4.67. The van der Waals surface area contributed by atoms with Crippen molar-refractivity contribution in [1.29, 1.82) is 0 Å². The molecule has 1 aromatic carbocycles. The first kappa shape index (κ1) is 11.2. The second-order valence-corrected chi connectivity index (χ2v) is 4.68. The highest BCUT2D eigenvalue weighted by Gasteiger charge is 2.09. The summed E-state index contributed by atoms with van der Waals surface area (Å²) in [5.41, 5.74) is 8.38. The van der Waals surface area contributed by atoms with Crippen LogP contribution in [0.4, 0.5) is 5.13 Å². The molecular formula is C11H11ClN2OS. The summed E-state index contributed by atoms with van der Waals surface area (Å²) in [5, 5.41) is 3.05. The number of methoxy groups -OCH3 is 1. The summed E-state index contributed by atoms with van der Waals surface area (Å²) < 4.78 is 5.20. The van der Waals surface area contributed by atoms with Crippen LogP contribution in [0.25, 0.3) is 11.3 Å². The van der Waals surface area contributed by atoms with E-state index in [4.69, 9.17) is 22.1 Å². The Morgan fingerprint density at radius 3 is 2.69 bits per heavy atom. The number of nitrogens with zero attached hydrogens (tertiary/aromatic N) is 1. The van der Waals surface area contributed by atoms with Gasteiger partial charge in [0.2, 0.25) is 0 Å². The average molecular weight is 255 g/mol. The van der Waals surface area contributed by atoms with Gasteiger partial charge in [-0.1, -0.05) is 11.6 Å². The van der Waals surface area contributed by atoms with Crippen LogP contribution >= 0.6 is 22.9 Å². The van der Waals surface area contributed by atoms with Gasteiger partial charge in [-0.3, -0.25) is 0 Å². The Hall–Kier alpha value is -1.26. The van der Waals surface area contributed by atoms with Crippen molar-refractivity contribution in [1.82, 2.24) is 4.98 Å². The van der Waals surface area contributed by atoms with Crippen molar-refractivity contribution < 1.29 is 4.74 Å². The van der Waals surface area contributed by atoms with Gasteiger partial charge in [-0.15, -0.1) is 11.3 Å². The van der Waals surface area contributed by atoms with Crippen LogP contribution in [0, 0.1) is 6.92 Å². The van der Waals surface area contributed by atoms with Crippen molar-refractivity contribution in [3.8, 4) is 17.0 Å². The Bertz CT molecular complexity index is 501. The molecule has 1 heterocycles. The molecule has 0 spiro atoms. The number of benzene rings is 1. The van der Waals surface area contributed by atoms with E-state index < -0.39 is 0 Å². The van der Waals surface area contributed by atoms with Crippen LogP contribution in [0.3, 0.4) is 0 Å². The van der Waals surface area contributed by atoms with E-state index in [-0.39, 0.29) is 0 Å². The minimum Gasteiger partial charge on any atom is -0.495 e. The molecule has 0 atom stereocenters. The second kappa shape index (κ2) is 4.31. The van der Waals surface area contributed by atoms with Crippen LogP contribution in [0.15, 0.2) is 17.5 Å². The van der Waals surface area contributed by atoms with Crippen molar-refractivity contribution in [2.45, 2.75) is 6.92 Å². The quantitative estimate of drug-likeness (QED) is 0.894. The molecule has 0 bridgehead atoms. The Balaban J connectivity index is 2.52. The van der Waals surface area contributed by atoms with Gasteiger partial charge in [-0.2, -0.15) is 0 Å². The van der Waals surface area contributed by atoms with Crippen LogP contribution in [-0.2, 0) is 0 Å². The molecule has 16 heavy (non-hydrogen) atoms. The van der Waals surface area contributed by atoms with Crippen molar-refractivity contribution in [3.63, 3.8) is 0 Å². The van der Waals surface area contributed by atoms with Crippen molar-refractivity contribution in [2.24, 2.45) is 0 Å². The Labute approximate surface area is 103 Å². The number of hydrogen-bond acceptors (Lipinski definition) is 4. The summed E-state index contributed by atoms with van der Waals surface area (Å²) in [6.45, 7) is 1.95. The predicted octanol–water partition coefficient (Wildman–Crippen LogP) is 3.36. The fourth-order valence-corrected chi connectivity index (χ4v) is 2.47. The fourth-order valence-electron chi connectivity index (χ4n) is 1.56. The molecule has 0 aliphatic heterocycles. The van der Waals surface area contributed by atoms with Gasteiger partial charge < -0.3 is 10.5 Å². The zero-order valence-corrected chi connectivity index (χ0v) is 10.5. The molecule has 0 aliphatic carbocycles. The van der Waals surface area contributed by atoms with Crippen LogP contribution in [0.5, 0.6) is 5.75 Å². The number of rotatable bonds is 2. The largest absolute Gasteiger partial charge is 0.495 e. The molecule has 2 aromatic rings. The van der Waals surface area contributed by atoms with Crippen LogP contribution < -0.4 is 10.5 Å². The van der Waals surface area contributed by atoms with Gasteiger partial charge in [0.1, 0.15) is 5.75 Å². The summed E-state index contributed by atoms with van der Waals surface area (Å²) in [7, 11) is 1.61. The van der Waals surface area contributed by atoms with E-state index in [1.165, 1.54) is 11.3 Å². The second-order valence-electron chi connectivity index (χ2n) is 3.38. The monoisotopic (exact) mass is 254 g/mol. The number of hydrogen-bond donors (Lipinski definition) is 1. The molecule has 0 fully saturated rings. The van der Waals surface area contributed by atoms with Gasteiger partial charge in [0.15, 0.2) is 5.13 Å². The molecule has 0 saturated heterocycles. The standard InChI is InChI=1S/C11H11ClN2OS/c1-6-3-7(4-8(12)10(6)15-2)9-5-16-11(13)14-9/h3-5H,1-2H3,(H2,13,14). The number of halogens is 1. The van der Waals surface area contributed by atoms with Gasteiger partial charge in [0.05, 0.1) is 17.8 Å². The average Bonchev–Trinajstić information content (AvgIpc) is 2.64. The summed E-state index contributed by atoms with van der Waals surface area (Å²) in [6.07, 6.45) is 0. The molecule has 84 valence electrons. The molecule has 3 nitrogen and oxygen atoms in total. The Morgan fingerprint density at radius 1 is 1.44 bits per heavy atom. The van der Waals surface area contributed by atoms with E-state index in [2.05, 4.69) is 4.98 Å². The van der Waals surface area contributed by atoms with Crippen LogP contribution in [-0.4, -0.2) is 12.1 Å². The van der Waals surface area contributed by atoms with Crippen LogP contribution in [0.2, 0.25) is 5.02 Å². The Morgan fingerprint density at radius 2 is 2.19 bits per heavy atom. The first-order chi connectivity index (χ1) is 7.61. The number of ether oxygens (including phenoxy) is 1. The smallest absolute Gasteiger partial charge is 0.180 e. The summed E-state index contributed by atoms with van der Waals surface area (Å²) in [5.74, 6) is 0.702. The van der Waals surface area contributed by atoms with Gasteiger partial charge in [0.25, 0.3) is 0 Å². The van der Waals surface area contributed by atoms with E-state index in [0.717, 1.165) is 16.8 Å². The van der Waals surface area contributed by atoms with Gasteiger partial charge >= 0.3 is 0 Å². The van der Waals surface area contributed by atoms with E-state index in [0.29, 0.717) is 15.9 Å². The highest BCUT2D eigenvalue weighted by Crippen LogP contribution is 2.34. The molecular weight excluding hydrogens is 244 g/mol. The predicted molar refractivity (Wildman–Crippen MR) is 68.3 cm³/mol. The minimum atomic E-state index is 0.555. The van der Waals surface area contributed by atoms with Gasteiger partial charge in [-0.05, 0) is 24.6 Å². The normalized spacial score (nSPS) is 10.4. The molecule has 0 saturated carbocycles. The third-order valence-corrected chi connectivity index (χ3v) is 3.21. The highest BCUT2D eigenvalue weighted by molar-refractivity contribution is 7.13. The maximum atomic E-state index is 6.11. The number of nitrogen functional groups attached to an aromatic ring is 1. The van der Waals surface area contributed by atoms with E-state index >= 15 is 0 Å². The lowest BCUT2D eigenvalue weighted by Gasteiger charge is -2.08. The molecule has 0 unspecified atom stereocenters. The van der Waals surface area contributed by atoms with E-state index in [9.17, 15) is 0 Å². The Kier molecular flexibility index (Phi) is 3.03. The van der Waals surface area contributed by atoms with Crippen molar-refractivity contribution in [2.75, 3.05) is 12.8 Å². The maximum absolute atomic E-state index is 6.11. The van der Waals surface area contributed by atoms with E-state index in [1.807, 2.05) is 24.4 Å². The molecule has 0 radical (unpaired) electrons. The fraction of sp³-hybridized carbons (Fsp3) is 0.182.